The van der Waals surface area contributed by atoms with Crippen LogP contribution in [0.1, 0.15) is 17.7 Å². The molecule has 1 aliphatic carbocycles. The molecule has 82 valence electrons. The van der Waals surface area contributed by atoms with E-state index >= 15 is 0 Å². The predicted molar refractivity (Wildman–Crippen MR) is 46.8 cm³/mol. The second-order valence-corrected chi connectivity index (χ2v) is 3.89. The first-order chi connectivity index (χ1) is 6.81. The molecule has 1 unspecified atom stereocenters. The molecule has 0 aliphatic heterocycles. The fourth-order valence-electron chi connectivity index (χ4n) is 1.95. The molecule has 1 aromatic heterocycles. The molecule has 0 aromatic carbocycles. The summed E-state index contributed by atoms with van der Waals surface area (Å²) in [5, 5.41) is 12.8. The molecule has 2 rings (SSSR count). The topological polar surface area (TPSA) is 55.1 Å². The molecule has 0 bridgehead atoms. The third-order valence-corrected chi connectivity index (χ3v) is 2.82. The lowest BCUT2D eigenvalue weighted by atomic mass is 9.96. The van der Waals surface area contributed by atoms with Crippen molar-refractivity contribution in [2.24, 2.45) is 7.05 Å². The van der Waals surface area contributed by atoms with Gasteiger partial charge in [0.05, 0.1) is 5.69 Å². The molecule has 1 heterocycles. The fraction of sp³-hybridized carbons (Fsp3) is 0.556. The number of aromatic nitrogens is 2. The van der Waals surface area contributed by atoms with Crippen molar-refractivity contribution in [3.05, 3.63) is 17.5 Å². The number of carboxylic acid groups (broad SMARTS) is 1. The van der Waals surface area contributed by atoms with Gasteiger partial charge in [-0.05, 0) is 6.92 Å². The van der Waals surface area contributed by atoms with E-state index < -0.39 is 23.7 Å². The number of aryl methyl sites for hydroxylation is 2. The molecule has 1 N–H and O–H groups in total. The van der Waals surface area contributed by atoms with Crippen molar-refractivity contribution >= 4 is 5.97 Å². The van der Waals surface area contributed by atoms with Crippen LogP contribution in [0.5, 0.6) is 0 Å². The number of carboxylic acids is 1. The van der Waals surface area contributed by atoms with Gasteiger partial charge in [0.15, 0.2) is 5.41 Å². The van der Waals surface area contributed by atoms with Gasteiger partial charge in [-0.2, -0.15) is 5.10 Å². The van der Waals surface area contributed by atoms with E-state index in [0.717, 1.165) is 0 Å². The zero-order valence-electron chi connectivity index (χ0n) is 8.29. The highest BCUT2D eigenvalue weighted by molar-refractivity contribution is 5.88. The molecule has 0 spiro atoms. The van der Waals surface area contributed by atoms with Crippen molar-refractivity contribution in [2.75, 3.05) is 0 Å². The predicted octanol–water partition coefficient (Wildman–Crippen LogP) is 1.09. The normalized spacial score (nSPS) is 27.7. The average molecular weight is 216 g/mol. The quantitative estimate of drug-likeness (QED) is 0.805. The molecule has 0 amide bonds. The molecule has 1 fully saturated rings. The third kappa shape index (κ3) is 1.10. The highest BCUT2D eigenvalue weighted by Gasteiger charge is 2.78. The number of alkyl halides is 2. The molecule has 1 atom stereocenters. The highest BCUT2D eigenvalue weighted by Crippen LogP contribution is 2.62. The number of aliphatic carboxylic acids is 1. The molecular formula is C9H10F2N2O2. The summed E-state index contributed by atoms with van der Waals surface area (Å²) < 4.78 is 27.7. The van der Waals surface area contributed by atoms with Crippen LogP contribution in [-0.2, 0) is 17.3 Å². The summed E-state index contributed by atoms with van der Waals surface area (Å²) in [4.78, 5) is 10.9. The van der Waals surface area contributed by atoms with E-state index in [2.05, 4.69) is 5.10 Å². The van der Waals surface area contributed by atoms with Gasteiger partial charge in [-0.25, -0.2) is 8.78 Å². The Kier molecular flexibility index (Phi) is 1.72. The van der Waals surface area contributed by atoms with Crippen molar-refractivity contribution < 1.29 is 18.7 Å². The molecule has 4 nitrogen and oxygen atoms in total. The maximum Gasteiger partial charge on any atom is 0.320 e. The first-order valence-electron chi connectivity index (χ1n) is 4.43. The first kappa shape index (κ1) is 10.1. The van der Waals surface area contributed by atoms with Gasteiger partial charge < -0.3 is 5.11 Å². The first-order valence-corrected chi connectivity index (χ1v) is 4.43. The maximum atomic E-state index is 13.2. The molecule has 15 heavy (non-hydrogen) atoms. The molecule has 1 saturated carbocycles. The van der Waals surface area contributed by atoms with Crippen LogP contribution in [0, 0.1) is 6.92 Å². The standard InChI is InChI=1S/C9H10F2N2O2/c1-5-6(3-13(2)12-5)8(7(14)15)4-9(8,10)11/h3H,4H2,1-2H3,(H,14,15). The van der Waals surface area contributed by atoms with Crippen molar-refractivity contribution in [3.8, 4) is 0 Å². The second-order valence-electron chi connectivity index (χ2n) is 3.89. The Hall–Kier alpha value is -1.46. The Labute approximate surface area is 84.5 Å². The van der Waals surface area contributed by atoms with Crippen LogP contribution in [0.25, 0.3) is 0 Å². The largest absolute Gasteiger partial charge is 0.480 e. The maximum absolute atomic E-state index is 13.2. The van der Waals surface area contributed by atoms with Gasteiger partial charge in [0.1, 0.15) is 0 Å². The number of rotatable bonds is 2. The molecule has 6 heteroatoms. The van der Waals surface area contributed by atoms with Crippen LogP contribution in [0.2, 0.25) is 0 Å². The average Bonchev–Trinajstić information content (AvgIpc) is 2.50. The minimum atomic E-state index is -3.16. The molecular weight excluding hydrogens is 206 g/mol. The minimum Gasteiger partial charge on any atom is -0.480 e. The van der Waals surface area contributed by atoms with Crippen LogP contribution in [-0.4, -0.2) is 26.8 Å². The summed E-state index contributed by atoms with van der Waals surface area (Å²) in [6, 6.07) is 0. The van der Waals surface area contributed by atoms with E-state index in [1.807, 2.05) is 0 Å². The second kappa shape index (κ2) is 2.56. The summed E-state index contributed by atoms with van der Waals surface area (Å²) in [5.74, 6) is -4.64. The van der Waals surface area contributed by atoms with E-state index in [4.69, 9.17) is 5.11 Å². The number of hydrogen-bond donors (Lipinski definition) is 1. The van der Waals surface area contributed by atoms with E-state index in [1.165, 1.54) is 17.8 Å². The smallest absolute Gasteiger partial charge is 0.320 e. The lowest BCUT2D eigenvalue weighted by molar-refractivity contribution is -0.143. The van der Waals surface area contributed by atoms with Gasteiger partial charge >= 0.3 is 5.97 Å². The Morgan fingerprint density at radius 3 is 2.47 bits per heavy atom. The number of carbonyl (C=O) groups is 1. The molecule has 0 radical (unpaired) electrons. The Morgan fingerprint density at radius 1 is 1.67 bits per heavy atom. The van der Waals surface area contributed by atoms with Crippen LogP contribution in [0.15, 0.2) is 6.20 Å². The summed E-state index contributed by atoms with van der Waals surface area (Å²) in [5.41, 5.74) is -1.59. The van der Waals surface area contributed by atoms with Crippen LogP contribution >= 0.6 is 0 Å². The van der Waals surface area contributed by atoms with Crippen LogP contribution in [0.4, 0.5) is 8.78 Å². The van der Waals surface area contributed by atoms with E-state index in [-0.39, 0.29) is 5.56 Å². The van der Waals surface area contributed by atoms with Crippen molar-refractivity contribution in [1.82, 2.24) is 9.78 Å². The van der Waals surface area contributed by atoms with Crippen molar-refractivity contribution in [2.45, 2.75) is 24.7 Å². The van der Waals surface area contributed by atoms with Gasteiger partial charge in [0.2, 0.25) is 0 Å². The van der Waals surface area contributed by atoms with Crippen LogP contribution in [0.3, 0.4) is 0 Å². The van der Waals surface area contributed by atoms with Gasteiger partial charge in [0.25, 0.3) is 5.92 Å². The Morgan fingerprint density at radius 2 is 2.20 bits per heavy atom. The van der Waals surface area contributed by atoms with E-state index in [0.29, 0.717) is 5.69 Å². The summed E-state index contributed by atoms with van der Waals surface area (Å²) >= 11 is 0. The SMILES string of the molecule is Cc1nn(C)cc1C1(C(=O)O)CC1(F)F. The fourth-order valence-corrected chi connectivity index (χ4v) is 1.95. The lowest BCUT2D eigenvalue weighted by Gasteiger charge is -2.09. The monoisotopic (exact) mass is 216 g/mol. The van der Waals surface area contributed by atoms with Gasteiger partial charge in [-0.15, -0.1) is 0 Å². The summed E-state index contributed by atoms with van der Waals surface area (Å²) in [6.07, 6.45) is 0.715. The van der Waals surface area contributed by atoms with E-state index in [1.54, 1.807) is 7.05 Å². The summed E-state index contributed by atoms with van der Waals surface area (Å²) in [6.45, 7) is 1.54. The van der Waals surface area contributed by atoms with Gasteiger partial charge in [-0.1, -0.05) is 0 Å². The zero-order valence-corrected chi connectivity index (χ0v) is 8.29. The number of nitrogens with zero attached hydrogens (tertiary/aromatic N) is 2. The number of hydrogen-bond acceptors (Lipinski definition) is 2. The van der Waals surface area contributed by atoms with Gasteiger partial charge in [-0.3, -0.25) is 9.48 Å². The Balaban J connectivity index is 2.54. The van der Waals surface area contributed by atoms with Crippen LogP contribution < -0.4 is 0 Å². The van der Waals surface area contributed by atoms with Crippen molar-refractivity contribution in [3.63, 3.8) is 0 Å². The zero-order chi connectivity index (χ0) is 11.4. The van der Waals surface area contributed by atoms with E-state index in [9.17, 15) is 13.6 Å². The highest BCUT2D eigenvalue weighted by atomic mass is 19.3. The molecule has 1 aliphatic rings. The summed E-state index contributed by atoms with van der Waals surface area (Å²) in [7, 11) is 1.58. The number of halogens is 2. The third-order valence-electron chi connectivity index (χ3n) is 2.82. The minimum absolute atomic E-state index is 0.113. The van der Waals surface area contributed by atoms with Gasteiger partial charge in [0, 0.05) is 25.2 Å². The Bertz CT molecular complexity index is 441. The molecule has 1 aromatic rings. The van der Waals surface area contributed by atoms with Crippen molar-refractivity contribution in [1.29, 1.82) is 0 Å². The lowest BCUT2D eigenvalue weighted by Crippen LogP contribution is -2.27. The molecule has 0 saturated heterocycles.